The number of ether oxygens (including phenoxy) is 1. The Bertz CT molecular complexity index is 689. The number of rotatable bonds is 1. The number of benzene rings is 1. The van der Waals surface area contributed by atoms with Crippen molar-refractivity contribution in [2.45, 2.75) is 39.2 Å². The molecule has 3 heterocycles. The molecule has 0 N–H and O–H groups in total. The number of fused-ring (bicyclic) bond motifs is 1. The molecule has 116 valence electrons. The number of aromatic nitrogens is 2. The molecule has 1 atom stereocenters. The summed E-state index contributed by atoms with van der Waals surface area (Å²) in [5, 5.41) is 1.21. The van der Waals surface area contributed by atoms with Gasteiger partial charge in [0, 0.05) is 31.2 Å². The van der Waals surface area contributed by atoms with Crippen molar-refractivity contribution in [2.24, 2.45) is 5.41 Å². The monoisotopic (exact) mass is 297 g/mol. The quantitative estimate of drug-likeness (QED) is 0.809. The van der Waals surface area contributed by atoms with E-state index in [1.165, 1.54) is 30.2 Å². The third-order valence-electron chi connectivity index (χ3n) is 5.82. The molecule has 0 amide bonds. The summed E-state index contributed by atoms with van der Waals surface area (Å²) in [5.74, 6) is 1.11. The molecule has 2 aliphatic rings. The molecule has 0 aliphatic carbocycles. The van der Waals surface area contributed by atoms with Gasteiger partial charge in [-0.25, -0.2) is 9.97 Å². The minimum atomic E-state index is 0.401. The Morgan fingerprint density at radius 3 is 2.82 bits per heavy atom. The molecule has 1 aromatic heterocycles. The molecule has 0 radical (unpaired) electrons. The average molecular weight is 297 g/mol. The molecule has 2 saturated heterocycles. The van der Waals surface area contributed by atoms with E-state index >= 15 is 0 Å². The van der Waals surface area contributed by atoms with Gasteiger partial charge in [-0.05, 0) is 50.2 Å². The van der Waals surface area contributed by atoms with Crippen LogP contribution in [-0.4, -0.2) is 35.8 Å². The first-order valence-electron chi connectivity index (χ1n) is 8.26. The maximum Gasteiger partial charge on any atom is 0.140 e. The highest BCUT2D eigenvalue weighted by molar-refractivity contribution is 5.92. The third kappa shape index (κ3) is 2.01. The van der Waals surface area contributed by atoms with E-state index in [0.29, 0.717) is 11.5 Å². The summed E-state index contributed by atoms with van der Waals surface area (Å²) in [4.78, 5) is 11.6. The number of aryl methyl sites for hydroxylation is 1. The molecule has 22 heavy (non-hydrogen) atoms. The van der Waals surface area contributed by atoms with Crippen LogP contribution in [0, 0.1) is 12.3 Å². The standard InChI is InChI=1S/C18H23N3O/c1-13-4-3-5-15-16(13)17(20-12-19-15)21-9-6-18(14(21)2)7-10-22-11-8-18/h3-5,12,14H,6-11H2,1-2H3/t14-/m1/s1. The second kappa shape index (κ2) is 5.20. The zero-order valence-electron chi connectivity index (χ0n) is 13.4. The van der Waals surface area contributed by atoms with Crippen molar-refractivity contribution in [3.05, 3.63) is 30.1 Å². The van der Waals surface area contributed by atoms with E-state index in [-0.39, 0.29) is 0 Å². The van der Waals surface area contributed by atoms with Gasteiger partial charge in [-0.15, -0.1) is 0 Å². The first-order valence-corrected chi connectivity index (χ1v) is 8.26. The minimum Gasteiger partial charge on any atom is -0.381 e. The smallest absolute Gasteiger partial charge is 0.140 e. The van der Waals surface area contributed by atoms with Gasteiger partial charge in [0.15, 0.2) is 0 Å². The first kappa shape index (κ1) is 13.9. The normalized spacial score (nSPS) is 24.3. The predicted molar refractivity (Wildman–Crippen MR) is 88.2 cm³/mol. The molecule has 4 nitrogen and oxygen atoms in total. The van der Waals surface area contributed by atoms with Crippen LogP contribution in [0.1, 0.15) is 31.7 Å². The van der Waals surface area contributed by atoms with E-state index in [0.717, 1.165) is 31.1 Å². The van der Waals surface area contributed by atoms with Crippen molar-refractivity contribution < 1.29 is 4.74 Å². The number of anilines is 1. The van der Waals surface area contributed by atoms with Crippen molar-refractivity contribution in [3.8, 4) is 0 Å². The summed E-state index contributed by atoms with van der Waals surface area (Å²) in [5.41, 5.74) is 2.71. The Labute approximate surface area is 131 Å². The van der Waals surface area contributed by atoms with Crippen LogP contribution >= 0.6 is 0 Å². The van der Waals surface area contributed by atoms with Crippen molar-refractivity contribution in [3.63, 3.8) is 0 Å². The van der Waals surface area contributed by atoms with Gasteiger partial charge in [0.05, 0.1) is 5.52 Å². The van der Waals surface area contributed by atoms with E-state index in [9.17, 15) is 0 Å². The Balaban J connectivity index is 1.77. The van der Waals surface area contributed by atoms with Gasteiger partial charge in [-0.3, -0.25) is 0 Å². The minimum absolute atomic E-state index is 0.401. The van der Waals surface area contributed by atoms with E-state index in [1.54, 1.807) is 6.33 Å². The lowest BCUT2D eigenvalue weighted by molar-refractivity contribution is 0.0128. The lowest BCUT2D eigenvalue weighted by Gasteiger charge is -2.39. The largest absolute Gasteiger partial charge is 0.381 e. The van der Waals surface area contributed by atoms with Crippen LogP contribution in [-0.2, 0) is 4.74 Å². The van der Waals surface area contributed by atoms with Crippen LogP contribution in [0.4, 0.5) is 5.82 Å². The summed E-state index contributed by atoms with van der Waals surface area (Å²) in [6, 6.07) is 6.81. The van der Waals surface area contributed by atoms with Crippen molar-refractivity contribution in [2.75, 3.05) is 24.7 Å². The van der Waals surface area contributed by atoms with Gasteiger partial charge in [0.1, 0.15) is 12.1 Å². The Kier molecular flexibility index (Phi) is 3.30. The lowest BCUT2D eigenvalue weighted by atomic mass is 9.74. The van der Waals surface area contributed by atoms with Crippen LogP contribution in [0.5, 0.6) is 0 Å². The molecule has 0 unspecified atom stereocenters. The maximum atomic E-state index is 5.59. The van der Waals surface area contributed by atoms with E-state index < -0.39 is 0 Å². The summed E-state index contributed by atoms with van der Waals surface area (Å²) in [7, 11) is 0. The van der Waals surface area contributed by atoms with E-state index in [4.69, 9.17) is 4.74 Å². The molecule has 1 spiro atoms. The van der Waals surface area contributed by atoms with Gasteiger partial charge in [0.25, 0.3) is 0 Å². The molecule has 1 aromatic carbocycles. The number of hydrogen-bond donors (Lipinski definition) is 0. The summed E-state index contributed by atoms with van der Waals surface area (Å²) in [6.45, 7) is 7.41. The second-order valence-corrected chi connectivity index (χ2v) is 6.76. The van der Waals surface area contributed by atoms with Gasteiger partial charge in [-0.2, -0.15) is 0 Å². The fraction of sp³-hybridized carbons (Fsp3) is 0.556. The van der Waals surface area contributed by atoms with Crippen molar-refractivity contribution in [1.82, 2.24) is 9.97 Å². The summed E-state index contributed by atoms with van der Waals surface area (Å²) in [6.07, 6.45) is 5.30. The van der Waals surface area contributed by atoms with Crippen LogP contribution in [0.3, 0.4) is 0 Å². The molecule has 4 rings (SSSR count). The van der Waals surface area contributed by atoms with Gasteiger partial charge in [0.2, 0.25) is 0 Å². The molecular weight excluding hydrogens is 274 g/mol. The van der Waals surface area contributed by atoms with Crippen LogP contribution < -0.4 is 4.90 Å². The fourth-order valence-corrected chi connectivity index (χ4v) is 4.29. The maximum absolute atomic E-state index is 5.59. The van der Waals surface area contributed by atoms with E-state index in [1.807, 2.05) is 0 Å². The highest BCUT2D eigenvalue weighted by Gasteiger charge is 2.46. The highest BCUT2D eigenvalue weighted by atomic mass is 16.5. The van der Waals surface area contributed by atoms with Crippen LogP contribution in [0.2, 0.25) is 0 Å². The van der Waals surface area contributed by atoms with Gasteiger partial charge < -0.3 is 9.64 Å². The lowest BCUT2D eigenvalue weighted by Crippen LogP contribution is -2.41. The zero-order valence-corrected chi connectivity index (χ0v) is 13.4. The molecule has 4 heteroatoms. The fourth-order valence-electron chi connectivity index (χ4n) is 4.29. The average Bonchev–Trinajstić information content (AvgIpc) is 2.85. The molecule has 2 aliphatic heterocycles. The highest BCUT2D eigenvalue weighted by Crippen LogP contribution is 2.47. The summed E-state index contributed by atoms with van der Waals surface area (Å²) < 4.78 is 5.59. The predicted octanol–water partition coefficient (Wildman–Crippen LogP) is 3.33. The van der Waals surface area contributed by atoms with E-state index in [2.05, 4.69) is 46.9 Å². The number of hydrogen-bond acceptors (Lipinski definition) is 4. The number of nitrogens with zero attached hydrogens (tertiary/aromatic N) is 3. The SMILES string of the molecule is Cc1cccc2ncnc(N3CCC4(CCOCC4)[C@H]3C)c12. The van der Waals surface area contributed by atoms with Crippen LogP contribution in [0.15, 0.2) is 24.5 Å². The summed E-state index contributed by atoms with van der Waals surface area (Å²) >= 11 is 0. The van der Waals surface area contributed by atoms with Crippen molar-refractivity contribution in [1.29, 1.82) is 0 Å². The molecule has 2 fully saturated rings. The van der Waals surface area contributed by atoms with Gasteiger partial charge in [-0.1, -0.05) is 12.1 Å². The Hall–Kier alpha value is -1.68. The first-order chi connectivity index (χ1) is 10.7. The van der Waals surface area contributed by atoms with Crippen molar-refractivity contribution >= 4 is 16.7 Å². The second-order valence-electron chi connectivity index (χ2n) is 6.76. The third-order valence-corrected chi connectivity index (χ3v) is 5.82. The molecule has 0 bridgehead atoms. The van der Waals surface area contributed by atoms with Crippen LogP contribution in [0.25, 0.3) is 10.9 Å². The topological polar surface area (TPSA) is 38.2 Å². The molecular formula is C18H23N3O. The Morgan fingerprint density at radius 1 is 1.18 bits per heavy atom. The molecule has 0 saturated carbocycles. The zero-order chi connectivity index (χ0) is 15.2. The van der Waals surface area contributed by atoms with Gasteiger partial charge >= 0.3 is 0 Å². The molecule has 2 aromatic rings. The Morgan fingerprint density at radius 2 is 2.00 bits per heavy atom.